The molecule has 0 saturated heterocycles. The van der Waals surface area contributed by atoms with E-state index in [1.165, 1.54) is 39.2 Å². The van der Waals surface area contributed by atoms with Gasteiger partial charge in [-0.2, -0.15) is 0 Å². The Morgan fingerprint density at radius 3 is 2.16 bits per heavy atom. The smallest absolute Gasteiger partial charge is 0.197 e. The van der Waals surface area contributed by atoms with E-state index in [2.05, 4.69) is 82.0 Å². The maximum atomic E-state index is 13.2. The van der Waals surface area contributed by atoms with Crippen LogP contribution >= 0.6 is 11.3 Å². The van der Waals surface area contributed by atoms with Gasteiger partial charge in [0, 0.05) is 21.4 Å². The van der Waals surface area contributed by atoms with Gasteiger partial charge in [0.1, 0.15) is 5.00 Å². The van der Waals surface area contributed by atoms with Crippen LogP contribution in [0.1, 0.15) is 72.8 Å². The van der Waals surface area contributed by atoms with E-state index in [0.717, 1.165) is 15.4 Å². The summed E-state index contributed by atoms with van der Waals surface area (Å²) in [5, 5.41) is 1.14. The Bertz CT molecular complexity index is 1660. The molecule has 0 spiro atoms. The number of benzene rings is 3. The second kappa shape index (κ2) is 8.12. The molecule has 1 aromatic heterocycles. The topological polar surface area (TPSA) is 37.4 Å². The van der Waals surface area contributed by atoms with E-state index in [9.17, 15) is 9.59 Å². The van der Waals surface area contributed by atoms with Crippen LogP contribution in [0.4, 0.5) is 16.4 Å². The summed E-state index contributed by atoms with van der Waals surface area (Å²) in [7, 11) is 0. The molecule has 1 aliphatic heterocycles. The molecule has 0 bridgehead atoms. The maximum Gasteiger partial charge on any atom is 0.197 e. The van der Waals surface area contributed by atoms with Gasteiger partial charge in [-0.25, -0.2) is 0 Å². The average Bonchev–Trinajstić information content (AvgIpc) is 3.37. The molecule has 0 radical (unpaired) electrons. The summed E-state index contributed by atoms with van der Waals surface area (Å²) in [6.07, 6.45) is 1.80. The number of carbonyl (C=O) groups is 2. The number of hydrogen-bond donors (Lipinski definition) is 0. The molecular formula is C33H29NO2S. The molecule has 184 valence electrons. The summed E-state index contributed by atoms with van der Waals surface area (Å²) >= 11 is 1.64. The van der Waals surface area contributed by atoms with E-state index in [1.807, 2.05) is 19.1 Å². The van der Waals surface area contributed by atoms with Crippen LogP contribution in [0.15, 0.2) is 66.2 Å². The number of thiophene rings is 1. The molecule has 0 atom stereocenters. The highest BCUT2D eigenvalue weighted by Gasteiger charge is 2.40. The fraction of sp³-hybridized carbons (Fsp3) is 0.212. The minimum atomic E-state index is -0.230. The summed E-state index contributed by atoms with van der Waals surface area (Å²) in [4.78, 5) is 29.7. The number of fused-ring (bicyclic) bond motifs is 3. The lowest BCUT2D eigenvalue weighted by Gasteiger charge is -2.41. The van der Waals surface area contributed by atoms with Crippen LogP contribution in [0.25, 0.3) is 6.08 Å². The van der Waals surface area contributed by atoms with Gasteiger partial charge >= 0.3 is 0 Å². The minimum absolute atomic E-state index is 0.181. The zero-order valence-electron chi connectivity index (χ0n) is 22.0. The van der Waals surface area contributed by atoms with Gasteiger partial charge in [-0.15, -0.1) is 11.3 Å². The zero-order valence-corrected chi connectivity index (χ0v) is 22.8. The molecule has 3 nitrogen and oxygen atoms in total. The monoisotopic (exact) mass is 503 g/mol. The second-order valence-electron chi connectivity index (χ2n) is 10.9. The predicted octanol–water partition coefficient (Wildman–Crippen LogP) is 8.55. The molecule has 37 heavy (non-hydrogen) atoms. The van der Waals surface area contributed by atoms with E-state index in [0.29, 0.717) is 11.1 Å². The number of anilines is 3. The molecule has 4 aromatic rings. The van der Waals surface area contributed by atoms with Crippen molar-refractivity contribution >= 4 is 45.4 Å². The molecule has 2 heterocycles. The van der Waals surface area contributed by atoms with Crippen LogP contribution in [0.5, 0.6) is 0 Å². The molecule has 2 aliphatic rings. The third-order valence-corrected chi connectivity index (χ3v) is 8.79. The maximum absolute atomic E-state index is 13.2. The number of carbonyl (C=O) groups excluding carboxylic acids is 2. The van der Waals surface area contributed by atoms with Gasteiger partial charge in [0.15, 0.2) is 11.6 Å². The van der Waals surface area contributed by atoms with Gasteiger partial charge in [-0.3, -0.25) is 9.59 Å². The van der Waals surface area contributed by atoms with Gasteiger partial charge in [0.25, 0.3) is 0 Å². The van der Waals surface area contributed by atoms with Crippen LogP contribution in [0.3, 0.4) is 0 Å². The SMILES string of the molecule is Cc1cc(C)c(N2c3ccccc3C(C)(C)c3cc(/C=C4\C(=O)c5ccc(C)cc5C4=O)sc32)c(C)c1. The van der Waals surface area contributed by atoms with Gasteiger partial charge in [0.2, 0.25) is 0 Å². The number of aryl methyl sites for hydroxylation is 4. The number of para-hydroxylation sites is 1. The van der Waals surface area contributed by atoms with E-state index in [1.54, 1.807) is 23.5 Å². The third kappa shape index (κ3) is 3.47. The van der Waals surface area contributed by atoms with Gasteiger partial charge < -0.3 is 4.90 Å². The number of hydrogen-bond acceptors (Lipinski definition) is 4. The van der Waals surface area contributed by atoms with Gasteiger partial charge in [-0.1, -0.05) is 67.4 Å². The Morgan fingerprint density at radius 2 is 1.43 bits per heavy atom. The number of rotatable bonds is 2. The van der Waals surface area contributed by atoms with Crippen LogP contribution in [0, 0.1) is 27.7 Å². The van der Waals surface area contributed by atoms with Crippen molar-refractivity contribution in [3.63, 3.8) is 0 Å². The quantitative estimate of drug-likeness (QED) is 0.203. The van der Waals surface area contributed by atoms with Crippen LogP contribution in [-0.4, -0.2) is 11.6 Å². The second-order valence-corrected chi connectivity index (χ2v) is 11.9. The molecule has 0 unspecified atom stereocenters. The van der Waals surface area contributed by atoms with Crippen molar-refractivity contribution in [3.8, 4) is 0 Å². The summed E-state index contributed by atoms with van der Waals surface area (Å²) in [6.45, 7) is 12.9. The fourth-order valence-electron chi connectivity index (χ4n) is 5.99. The molecule has 0 N–H and O–H groups in total. The van der Waals surface area contributed by atoms with Gasteiger partial charge in [-0.05, 0) is 74.2 Å². The number of nitrogens with zero attached hydrogens (tertiary/aromatic N) is 1. The lowest BCUT2D eigenvalue weighted by atomic mass is 9.75. The summed E-state index contributed by atoms with van der Waals surface area (Å²) in [6, 6.07) is 20.7. The van der Waals surface area contributed by atoms with Crippen LogP contribution < -0.4 is 4.90 Å². The van der Waals surface area contributed by atoms with Crippen molar-refractivity contribution in [2.75, 3.05) is 4.90 Å². The number of allylic oxidation sites excluding steroid dienone is 1. The summed E-state index contributed by atoms with van der Waals surface area (Å²) < 4.78 is 0. The zero-order chi connectivity index (χ0) is 26.2. The van der Waals surface area contributed by atoms with Crippen LogP contribution in [0.2, 0.25) is 0 Å². The highest BCUT2D eigenvalue weighted by Crippen LogP contribution is 2.56. The van der Waals surface area contributed by atoms with Gasteiger partial charge in [0.05, 0.1) is 16.9 Å². The van der Waals surface area contributed by atoms with E-state index in [-0.39, 0.29) is 22.6 Å². The molecule has 6 rings (SSSR count). The molecule has 0 amide bonds. The van der Waals surface area contributed by atoms with Crippen molar-refractivity contribution in [2.24, 2.45) is 0 Å². The molecule has 0 fully saturated rings. The Labute approximate surface area is 222 Å². The van der Waals surface area contributed by atoms with E-state index >= 15 is 0 Å². The third-order valence-electron chi connectivity index (χ3n) is 7.73. The highest BCUT2D eigenvalue weighted by atomic mass is 32.1. The summed E-state index contributed by atoms with van der Waals surface area (Å²) in [5.74, 6) is -0.365. The number of ketones is 2. The molecule has 1 aliphatic carbocycles. The highest BCUT2D eigenvalue weighted by molar-refractivity contribution is 7.17. The first-order valence-electron chi connectivity index (χ1n) is 12.6. The van der Waals surface area contributed by atoms with E-state index < -0.39 is 0 Å². The van der Waals surface area contributed by atoms with Crippen molar-refractivity contribution in [2.45, 2.75) is 47.0 Å². The van der Waals surface area contributed by atoms with Crippen LogP contribution in [-0.2, 0) is 5.41 Å². The largest absolute Gasteiger partial charge is 0.301 e. The normalized spacial score (nSPS) is 16.7. The Kier molecular flexibility index (Phi) is 5.19. The lowest BCUT2D eigenvalue weighted by molar-refractivity contribution is 0.0990. The molecular weight excluding hydrogens is 474 g/mol. The fourth-order valence-corrected chi connectivity index (χ4v) is 7.28. The Hall–Kier alpha value is -3.76. The Morgan fingerprint density at radius 1 is 0.757 bits per heavy atom. The van der Waals surface area contributed by atoms with Crippen molar-refractivity contribution in [1.29, 1.82) is 0 Å². The predicted molar refractivity (Wildman–Crippen MR) is 153 cm³/mol. The first-order chi connectivity index (χ1) is 17.6. The van der Waals surface area contributed by atoms with Crippen molar-refractivity contribution in [1.82, 2.24) is 0 Å². The standard InChI is InChI=1S/C33H29NO2S/c1-18-11-12-23-24(15-18)31(36)25(30(23)35)16-22-17-27-32(37-22)34(29-20(3)13-19(2)14-21(29)4)28-10-8-7-9-26(28)33(27,5)6/h7-17H,1-6H3/b25-16+. The Balaban J connectivity index is 1.56. The van der Waals surface area contributed by atoms with Crippen molar-refractivity contribution < 1.29 is 9.59 Å². The first-order valence-corrected chi connectivity index (χ1v) is 13.4. The van der Waals surface area contributed by atoms with E-state index in [4.69, 9.17) is 0 Å². The molecule has 4 heteroatoms. The first kappa shape index (κ1) is 23.6. The molecule has 0 saturated carbocycles. The average molecular weight is 504 g/mol. The molecule has 3 aromatic carbocycles. The lowest BCUT2D eigenvalue weighted by Crippen LogP contribution is -2.29. The minimum Gasteiger partial charge on any atom is -0.301 e. The summed E-state index contributed by atoms with van der Waals surface area (Å²) in [5.41, 5.74) is 10.5. The number of Topliss-reactive ketones (excluding diaryl/α,β-unsaturated/α-hetero) is 2. The van der Waals surface area contributed by atoms with Crippen molar-refractivity contribution in [3.05, 3.63) is 116 Å².